The molecule has 1 aromatic carbocycles. The summed E-state index contributed by atoms with van der Waals surface area (Å²) in [6.07, 6.45) is 0. The molecular weight excluding hydrogens is 240 g/mol. The minimum Gasteiger partial charge on any atom is -0.497 e. The molecule has 0 radical (unpaired) electrons. The summed E-state index contributed by atoms with van der Waals surface area (Å²) in [5.41, 5.74) is 0. The lowest BCUT2D eigenvalue weighted by atomic mass is 10.1. The van der Waals surface area contributed by atoms with E-state index in [9.17, 15) is 13.5 Å². The predicted molar refractivity (Wildman–Crippen MR) is 65.9 cm³/mol. The third-order valence-corrected chi connectivity index (χ3v) is 5.13. The molecule has 17 heavy (non-hydrogen) atoms. The third kappa shape index (κ3) is 2.98. The largest absolute Gasteiger partial charge is 0.497 e. The molecular formula is C12H18O4S. The Morgan fingerprint density at radius 3 is 2.12 bits per heavy atom. The van der Waals surface area contributed by atoms with Crippen molar-refractivity contribution in [1.82, 2.24) is 0 Å². The van der Waals surface area contributed by atoms with Crippen molar-refractivity contribution >= 4 is 9.84 Å². The van der Waals surface area contributed by atoms with Crippen LogP contribution in [0.15, 0.2) is 29.2 Å². The second-order valence-electron chi connectivity index (χ2n) is 4.19. The Morgan fingerprint density at radius 2 is 1.76 bits per heavy atom. The van der Waals surface area contributed by atoms with Crippen molar-refractivity contribution in [1.29, 1.82) is 0 Å². The van der Waals surface area contributed by atoms with E-state index in [0.717, 1.165) is 0 Å². The number of sulfone groups is 1. The van der Waals surface area contributed by atoms with E-state index >= 15 is 0 Å². The SMILES string of the molecule is COc1ccc(S(=O)(=O)C(CO)C(C)C)cc1. The molecule has 1 N–H and O–H groups in total. The van der Waals surface area contributed by atoms with Crippen LogP contribution in [0.4, 0.5) is 0 Å². The molecule has 1 unspecified atom stereocenters. The molecule has 0 aliphatic rings. The van der Waals surface area contributed by atoms with Gasteiger partial charge in [-0.1, -0.05) is 13.8 Å². The average molecular weight is 258 g/mol. The highest BCUT2D eigenvalue weighted by Crippen LogP contribution is 2.23. The van der Waals surface area contributed by atoms with Crippen molar-refractivity contribution in [2.75, 3.05) is 13.7 Å². The second-order valence-corrected chi connectivity index (χ2v) is 6.35. The molecule has 0 aliphatic heterocycles. The maximum atomic E-state index is 12.2. The van der Waals surface area contributed by atoms with Crippen LogP contribution in [-0.2, 0) is 9.84 Å². The topological polar surface area (TPSA) is 63.6 Å². The zero-order valence-corrected chi connectivity index (χ0v) is 11.1. The maximum absolute atomic E-state index is 12.2. The standard InChI is InChI=1S/C12H18O4S/c1-9(2)12(8-13)17(14,15)11-6-4-10(16-3)5-7-11/h4-7,9,12-13H,8H2,1-3H3. The van der Waals surface area contributed by atoms with E-state index in [4.69, 9.17) is 4.74 Å². The molecule has 1 rings (SSSR count). The van der Waals surface area contributed by atoms with Gasteiger partial charge in [0.1, 0.15) is 5.75 Å². The summed E-state index contributed by atoms with van der Waals surface area (Å²) in [7, 11) is -1.96. The Kier molecular flexibility index (Phi) is 4.54. The lowest BCUT2D eigenvalue weighted by Crippen LogP contribution is -2.30. The number of hydrogen-bond donors (Lipinski definition) is 1. The molecule has 4 nitrogen and oxygen atoms in total. The van der Waals surface area contributed by atoms with E-state index in [1.165, 1.54) is 19.2 Å². The number of hydrogen-bond acceptors (Lipinski definition) is 4. The van der Waals surface area contributed by atoms with Gasteiger partial charge in [0.25, 0.3) is 0 Å². The van der Waals surface area contributed by atoms with Gasteiger partial charge in [-0.05, 0) is 30.2 Å². The first-order valence-electron chi connectivity index (χ1n) is 5.42. The maximum Gasteiger partial charge on any atom is 0.183 e. The highest BCUT2D eigenvalue weighted by Gasteiger charge is 2.29. The Balaban J connectivity index is 3.11. The molecule has 5 heteroatoms. The highest BCUT2D eigenvalue weighted by atomic mass is 32.2. The first-order chi connectivity index (χ1) is 7.93. The number of aliphatic hydroxyl groups excluding tert-OH is 1. The van der Waals surface area contributed by atoms with E-state index < -0.39 is 15.1 Å². The monoisotopic (exact) mass is 258 g/mol. The number of methoxy groups -OCH3 is 1. The summed E-state index contributed by atoms with van der Waals surface area (Å²) in [5, 5.41) is 8.42. The van der Waals surface area contributed by atoms with Crippen LogP contribution >= 0.6 is 0 Å². The summed E-state index contributed by atoms with van der Waals surface area (Å²) in [5.74, 6) is 0.473. The van der Waals surface area contributed by atoms with Crippen molar-refractivity contribution < 1.29 is 18.3 Å². The normalized spacial score (nSPS) is 13.7. The van der Waals surface area contributed by atoms with E-state index in [1.54, 1.807) is 26.0 Å². The molecule has 96 valence electrons. The van der Waals surface area contributed by atoms with Gasteiger partial charge < -0.3 is 9.84 Å². The third-order valence-electron chi connectivity index (χ3n) is 2.71. The van der Waals surface area contributed by atoms with E-state index in [-0.39, 0.29) is 17.4 Å². The fourth-order valence-electron chi connectivity index (χ4n) is 1.61. The van der Waals surface area contributed by atoms with Gasteiger partial charge in [0.05, 0.1) is 23.9 Å². The fourth-order valence-corrected chi connectivity index (χ4v) is 3.39. The number of ether oxygens (including phenoxy) is 1. The minimum absolute atomic E-state index is 0.132. The fraction of sp³-hybridized carbons (Fsp3) is 0.500. The van der Waals surface area contributed by atoms with E-state index in [0.29, 0.717) is 5.75 Å². The summed E-state index contributed by atoms with van der Waals surface area (Å²) < 4.78 is 29.4. The average Bonchev–Trinajstić information content (AvgIpc) is 2.29. The molecule has 0 bridgehead atoms. The molecule has 0 amide bonds. The Hall–Kier alpha value is -1.07. The highest BCUT2D eigenvalue weighted by molar-refractivity contribution is 7.92. The summed E-state index contributed by atoms with van der Waals surface area (Å²) >= 11 is 0. The van der Waals surface area contributed by atoms with Crippen LogP contribution in [0, 0.1) is 5.92 Å². The number of rotatable bonds is 5. The minimum atomic E-state index is -3.48. The van der Waals surface area contributed by atoms with Gasteiger partial charge in [-0.25, -0.2) is 8.42 Å². The van der Waals surface area contributed by atoms with Crippen molar-refractivity contribution in [3.63, 3.8) is 0 Å². The summed E-state index contributed by atoms with van der Waals surface area (Å²) in [6, 6.07) is 6.20. The van der Waals surface area contributed by atoms with Crippen LogP contribution < -0.4 is 4.74 Å². The van der Waals surface area contributed by atoms with Gasteiger partial charge in [0.15, 0.2) is 9.84 Å². The van der Waals surface area contributed by atoms with Gasteiger partial charge in [-0.15, -0.1) is 0 Å². The Labute approximate surface area is 102 Å². The van der Waals surface area contributed by atoms with Gasteiger partial charge in [-0.2, -0.15) is 0 Å². The molecule has 1 atom stereocenters. The summed E-state index contributed by atoms with van der Waals surface area (Å²) in [4.78, 5) is 0.214. The van der Waals surface area contributed by atoms with E-state index in [1.807, 2.05) is 0 Å². The van der Waals surface area contributed by atoms with Crippen molar-refractivity contribution in [3.05, 3.63) is 24.3 Å². The molecule has 0 saturated heterocycles. The molecule has 0 aliphatic carbocycles. The van der Waals surface area contributed by atoms with Crippen molar-refractivity contribution in [3.8, 4) is 5.75 Å². The molecule has 0 aromatic heterocycles. The molecule has 0 saturated carbocycles. The van der Waals surface area contributed by atoms with Crippen molar-refractivity contribution in [2.45, 2.75) is 24.0 Å². The smallest absolute Gasteiger partial charge is 0.183 e. The Morgan fingerprint density at radius 1 is 1.24 bits per heavy atom. The first kappa shape index (κ1) is 14.0. The lowest BCUT2D eigenvalue weighted by molar-refractivity contribution is 0.269. The quantitative estimate of drug-likeness (QED) is 0.869. The predicted octanol–water partition coefficient (Wildman–Crippen LogP) is 1.49. The molecule has 0 spiro atoms. The van der Waals surface area contributed by atoms with Crippen LogP contribution in [0.3, 0.4) is 0 Å². The zero-order valence-electron chi connectivity index (χ0n) is 10.3. The zero-order chi connectivity index (χ0) is 13.1. The van der Waals surface area contributed by atoms with Gasteiger partial charge in [0, 0.05) is 0 Å². The number of aliphatic hydroxyl groups is 1. The lowest BCUT2D eigenvalue weighted by Gasteiger charge is -2.18. The van der Waals surface area contributed by atoms with Crippen molar-refractivity contribution in [2.24, 2.45) is 5.92 Å². The first-order valence-corrected chi connectivity index (χ1v) is 6.97. The van der Waals surface area contributed by atoms with Gasteiger partial charge in [-0.3, -0.25) is 0 Å². The van der Waals surface area contributed by atoms with Crippen LogP contribution in [0.25, 0.3) is 0 Å². The molecule has 0 fully saturated rings. The van der Waals surface area contributed by atoms with E-state index in [2.05, 4.69) is 0 Å². The number of benzene rings is 1. The molecule has 0 heterocycles. The second kappa shape index (κ2) is 5.51. The van der Waals surface area contributed by atoms with Crippen LogP contribution in [0.2, 0.25) is 0 Å². The van der Waals surface area contributed by atoms with Crippen LogP contribution in [0.1, 0.15) is 13.8 Å². The van der Waals surface area contributed by atoms with Crippen LogP contribution in [-0.4, -0.2) is 32.5 Å². The Bertz CT molecular complexity index is 448. The van der Waals surface area contributed by atoms with Crippen LogP contribution in [0.5, 0.6) is 5.75 Å². The van der Waals surface area contributed by atoms with Gasteiger partial charge in [0.2, 0.25) is 0 Å². The van der Waals surface area contributed by atoms with Gasteiger partial charge >= 0.3 is 0 Å². The molecule has 1 aromatic rings. The summed E-state index contributed by atoms with van der Waals surface area (Å²) in [6.45, 7) is 3.19.